The van der Waals surface area contributed by atoms with Gasteiger partial charge in [0.2, 0.25) is 0 Å². The highest BCUT2D eigenvalue weighted by molar-refractivity contribution is 9.18. The standard InChI is InChI=1S/C10H10BrFN2/c1-14-9(6-10(11)13-14)7-2-4-8(12)5-3-7/h2-5,9H,6H2,1H3. The summed E-state index contributed by atoms with van der Waals surface area (Å²) in [6.45, 7) is 0. The Bertz CT molecular complexity index is 361. The molecule has 0 bridgehead atoms. The Morgan fingerprint density at radius 1 is 1.43 bits per heavy atom. The molecule has 0 aliphatic carbocycles. The molecule has 0 aromatic heterocycles. The molecule has 4 heteroatoms. The van der Waals surface area contributed by atoms with E-state index in [4.69, 9.17) is 0 Å². The Morgan fingerprint density at radius 3 is 2.57 bits per heavy atom. The summed E-state index contributed by atoms with van der Waals surface area (Å²) in [6.07, 6.45) is 0.849. The van der Waals surface area contributed by atoms with Gasteiger partial charge in [0, 0.05) is 13.5 Å². The van der Waals surface area contributed by atoms with Crippen molar-refractivity contribution in [3.63, 3.8) is 0 Å². The summed E-state index contributed by atoms with van der Waals surface area (Å²) in [5, 5.41) is 6.13. The van der Waals surface area contributed by atoms with Crippen LogP contribution in [-0.4, -0.2) is 16.7 Å². The van der Waals surface area contributed by atoms with Crippen molar-refractivity contribution in [3.8, 4) is 0 Å². The molecular weight excluding hydrogens is 247 g/mol. The maximum Gasteiger partial charge on any atom is 0.123 e. The predicted molar refractivity (Wildman–Crippen MR) is 57.9 cm³/mol. The fraction of sp³-hybridized carbons (Fsp3) is 0.300. The van der Waals surface area contributed by atoms with Gasteiger partial charge in [-0.15, -0.1) is 0 Å². The largest absolute Gasteiger partial charge is 0.291 e. The molecule has 0 saturated carbocycles. The van der Waals surface area contributed by atoms with Crippen LogP contribution in [0.25, 0.3) is 0 Å². The lowest BCUT2D eigenvalue weighted by Crippen LogP contribution is -2.13. The number of benzene rings is 1. The van der Waals surface area contributed by atoms with Crippen LogP contribution >= 0.6 is 15.9 Å². The lowest BCUT2D eigenvalue weighted by Gasteiger charge is -2.18. The van der Waals surface area contributed by atoms with Crippen molar-refractivity contribution in [3.05, 3.63) is 35.6 Å². The number of rotatable bonds is 1. The van der Waals surface area contributed by atoms with Crippen molar-refractivity contribution >= 4 is 20.6 Å². The van der Waals surface area contributed by atoms with Gasteiger partial charge in [-0.1, -0.05) is 12.1 Å². The summed E-state index contributed by atoms with van der Waals surface area (Å²) in [6, 6.07) is 6.80. The van der Waals surface area contributed by atoms with Gasteiger partial charge in [0.1, 0.15) is 10.4 Å². The van der Waals surface area contributed by atoms with Crippen LogP contribution in [0.5, 0.6) is 0 Å². The van der Waals surface area contributed by atoms with Crippen molar-refractivity contribution in [2.45, 2.75) is 12.5 Å². The molecule has 2 nitrogen and oxygen atoms in total. The van der Waals surface area contributed by atoms with Gasteiger partial charge in [-0.05, 0) is 33.6 Å². The average Bonchev–Trinajstić information content (AvgIpc) is 2.47. The maximum atomic E-state index is 12.7. The first-order valence-electron chi connectivity index (χ1n) is 4.38. The fourth-order valence-corrected chi connectivity index (χ4v) is 2.15. The zero-order chi connectivity index (χ0) is 10.1. The van der Waals surface area contributed by atoms with E-state index in [0.29, 0.717) is 0 Å². The highest BCUT2D eigenvalue weighted by atomic mass is 79.9. The van der Waals surface area contributed by atoms with Gasteiger partial charge >= 0.3 is 0 Å². The first kappa shape index (κ1) is 9.65. The molecule has 0 amide bonds. The quantitative estimate of drug-likeness (QED) is 0.755. The second kappa shape index (κ2) is 3.69. The molecule has 2 rings (SSSR count). The number of halogens is 2. The third-order valence-corrected chi connectivity index (χ3v) is 2.82. The Balaban J connectivity index is 2.21. The minimum atomic E-state index is -0.200. The first-order valence-corrected chi connectivity index (χ1v) is 5.17. The van der Waals surface area contributed by atoms with E-state index in [1.54, 1.807) is 12.1 Å². The van der Waals surface area contributed by atoms with Crippen LogP contribution in [0.4, 0.5) is 4.39 Å². The smallest absolute Gasteiger partial charge is 0.123 e. The molecule has 0 saturated heterocycles. The minimum absolute atomic E-state index is 0.200. The van der Waals surface area contributed by atoms with E-state index >= 15 is 0 Å². The molecule has 74 valence electrons. The Kier molecular flexibility index (Phi) is 2.54. The molecule has 0 N–H and O–H groups in total. The van der Waals surface area contributed by atoms with Crippen molar-refractivity contribution in [2.75, 3.05) is 7.05 Å². The Hall–Kier alpha value is -0.900. The van der Waals surface area contributed by atoms with Gasteiger partial charge in [-0.3, -0.25) is 5.01 Å². The van der Waals surface area contributed by atoms with Gasteiger partial charge in [0.25, 0.3) is 0 Å². The van der Waals surface area contributed by atoms with Gasteiger partial charge in [0.15, 0.2) is 0 Å². The highest BCUT2D eigenvalue weighted by Crippen LogP contribution is 2.30. The van der Waals surface area contributed by atoms with Crippen molar-refractivity contribution in [1.82, 2.24) is 5.01 Å². The van der Waals surface area contributed by atoms with E-state index in [1.807, 2.05) is 12.1 Å². The molecule has 0 spiro atoms. The van der Waals surface area contributed by atoms with Crippen LogP contribution in [0.15, 0.2) is 29.4 Å². The van der Waals surface area contributed by atoms with E-state index < -0.39 is 0 Å². The molecule has 1 aromatic rings. The summed E-state index contributed by atoms with van der Waals surface area (Å²) in [4.78, 5) is 0. The van der Waals surface area contributed by atoms with E-state index in [-0.39, 0.29) is 11.9 Å². The number of hydrazone groups is 1. The third kappa shape index (κ3) is 1.80. The second-order valence-electron chi connectivity index (χ2n) is 3.32. The fourth-order valence-electron chi connectivity index (χ4n) is 1.59. The monoisotopic (exact) mass is 256 g/mol. The maximum absolute atomic E-state index is 12.7. The molecular formula is C10H10BrFN2. The zero-order valence-electron chi connectivity index (χ0n) is 7.74. The number of hydrogen-bond acceptors (Lipinski definition) is 2. The summed E-state index contributed by atoms with van der Waals surface area (Å²) in [7, 11) is 1.92. The van der Waals surface area contributed by atoms with Crippen LogP contribution in [0.1, 0.15) is 18.0 Å². The molecule has 1 heterocycles. The van der Waals surface area contributed by atoms with Crippen LogP contribution < -0.4 is 0 Å². The summed E-state index contributed by atoms with van der Waals surface area (Å²) >= 11 is 3.37. The van der Waals surface area contributed by atoms with Gasteiger partial charge in [-0.25, -0.2) is 4.39 Å². The SMILES string of the molecule is CN1N=C(Br)CC1c1ccc(F)cc1. The van der Waals surface area contributed by atoms with Crippen LogP contribution in [-0.2, 0) is 0 Å². The Labute approximate surface area is 90.5 Å². The first-order chi connectivity index (χ1) is 6.66. The highest BCUT2D eigenvalue weighted by Gasteiger charge is 2.23. The van der Waals surface area contributed by atoms with E-state index in [9.17, 15) is 4.39 Å². The zero-order valence-corrected chi connectivity index (χ0v) is 9.33. The van der Waals surface area contributed by atoms with Gasteiger partial charge in [0.05, 0.1) is 6.04 Å². The minimum Gasteiger partial charge on any atom is -0.291 e. The van der Waals surface area contributed by atoms with Crippen molar-refractivity contribution < 1.29 is 4.39 Å². The molecule has 14 heavy (non-hydrogen) atoms. The number of hydrogen-bond donors (Lipinski definition) is 0. The van der Waals surface area contributed by atoms with Crippen LogP contribution in [0.2, 0.25) is 0 Å². The lowest BCUT2D eigenvalue weighted by molar-refractivity contribution is 0.289. The molecule has 1 aromatic carbocycles. The van der Waals surface area contributed by atoms with E-state index in [0.717, 1.165) is 16.6 Å². The van der Waals surface area contributed by atoms with E-state index in [2.05, 4.69) is 21.0 Å². The van der Waals surface area contributed by atoms with Crippen LogP contribution in [0, 0.1) is 5.82 Å². The average molecular weight is 257 g/mol. The normalized spacial score (nSPS) is 21.2. The molecule has 1 aliphatic rings. The summed E-state index contributed by atoms with van der Waals surface area (Å²) in [5.41, 5.74) is 1.09. The molecule has 1 atom stereocenters. The van der Waals surface area contributed by atoms with Gasteiger partial charge < -0.3 is 0 Å². The number of nitrogens with zero attached hydrogens (tertiary/aromatic N) is 2. The third-order valence-electron chi connectivity index (χ3n) is 2.33. The van der Waals surface area contributed by atoms with Crippen LogP contribution in [0.3, 0.4) is 0 Å². The predicted octanol–water partition coefficient (Wildman–Crippen LogP) is 2.91. The van der Waals surface area contributed by atoms with Crippen molar-refractivity contribution in [1.29, 1.82) is 0 Å². The second-order valence-corrected chi connectivity index (χ2v) is 4.24. The van der Waals surface area contributed by atoms with E-state index in [1.165, 1.54) is 12.1 Å². The molecule has 1 aliphatic heterocycles. The topological polar surface area (TPSA) is 15.6 Å². The lowest BCUT2D eigenvalue weighted by atomic mass is 10.1. The molecule has 0 radical (unpaired) electrons. The van der Waals surface area contributed by atoms with Crippen molar-refractivity contribution in [2.24, 2.45) is 5.10 Å². The molecule has 1 unspecified atom stereocenters. The molecule has 0 fully saturated rings. The summed E-state index contributed by atoms with van der Waals surface area (Å²) < 4.78 is 13.6. The van der Waals surface area contributed by atoms with Gasteiger partial charge in [-0.2, -0.15) is 5.10 Å². The summed E-state index contributed by atoms with van der Waals surface area (Å²) in [5.74, 6) is -0.200. The Morgan fingerprint density at radius 2 is 2.07 bits per heavy atom.